The SMILES string of the molecule is O=c1ccn([C@]2([C@H]3O[C@@H](CO)[C@H](O)[C@H]3O)O[C@H](CO)[C@@H](O)[C@H]2O)c(=O)[nH]1. The number of rotatable bonds is 4. The van der Waals surface area contributed by atoms with Gasteiger partial charge in [-0.1, -0.05) is 0 Å². The highest BCUT2D eigenvalue weighted by molar-refractivity contribution is 5.10. The first-order chi connectivity index (χ1) is 12.3. The van der Waals surface area contributed by atoms with Crippen molar-refractivity contribution in [3.8, 4) is 0 Å². The number of nitrogens with one attached hydrogen (secondary N) is 1. The molecule has 2 aliphatic rings. The highest BCUT2D eigenvalue weighted by Gasteiger charge is 2.65. The third-order valence-electron chi connectivity index (χ3n) is 4.80. The predicted molar refractivity (Wildman–Crippen MR) is 81.0 cm³/mol. The fourth-order valence-electron chi connectivity index (χ4n) is 3.48. The molecule has 0 aliphatic carbocycles. The maximum atomic E-state index is 12.3. The summed E-state index contributed by atoms with van der Waals surface area (Å²) in [6.07, 6.45) is -10.1. The molecule has 2 aliphatic heterocycles. The maximum absolute atomic E-state index is 12.3. The van der Waals surface area contributed by atoms with E-state index in [1.54, 1.807) is 0 Å². The first-order valence-electron chi connectivity index (χ1n) is 7.87. The molecule has 0 radical (unpaired) electrons. The highest BCUT2D eigenvalue weighted by Crippen LogP contribution is 2.43. The van der Waals surface area contributed by atoms with Gasteiger partial charge in [0.1, 0.15) is 42.7 Å². The molecular weight excluding hydrogens is 356 g/mol. The summed E-state index contributed by atoms with van der Waals surface area (Å²) < 4.78 is 11.6. The molecule has 3 heterocycles. The molecule has 0 amide bonds. The summed E-state index contributed by atoms with van der Waals surface area (Å²) in [6.45, 7) is -1.40. The minimum absolute atomic E-state index is 0.673. The van der Waals surface area contributed by atoms with Crippen molar-refractivity contribution in [1.29, 1.82) is 0 Å². The Labute approximate surface area is 145 Å². The van der Waals surface area contributed by atoms with Crippen LogP contribution < -0.4 is 11.2 Å². The Bertz CT molecular complexity index is 765. The number of aromatic amines is 1. The van der Waals surface area contributed by atoms with Gasteiger partial charge in [0.25, 0.3) is 5.56 Å². The molecule has 26 heavy (non-hydrogen) atoms. The summed E-state index contributed by atoms with van der Waals surface area (Å²) >= 11 is 0. The van der Waals surface area contributed by atoms with Crippen LogP contribution in [-0.4, -0.2) is 96.1 Å². The molecule has 0 unspecified atom stereocenters. The Balaban J connectivity index is 2.18. The van der Waals surface area contributed by atoms with Crippen molar-refractivity contribution in [1.82, 2.24) is 9.55 Å². The molecule has 0 bridgehead atoms. The molecule has 2 saturated heterocycles. The minimum Gasteiger partial charge on any atom is -0.394 e. The van der Waals surface area contributed by atoms with Crippen molar-refractivity contribution in [2.45, 2.75) is 48.5 Å². The average Bonchev–Trinajstić information content (AvgIpc) is 3.04. The molecule has 7 N–H and O–H groups in total. The van der Waals surface area contributed by atoms with Crippen LogP contribution in [-0.2, 0) is 15.2 Å². The quantitative estimate of drug-likeness (QED) is 0.267. The smallest absolute Gasteiger partial charge is 0.330 e. The second kappa shape index (κ2) is 6.83. The maximum Gasteiger partial charge on any atom is 0.330 e. The Morgan fingerprint density at radius 3 is 2.19 bits per heavy atom. The van der Waals surface area contributed by atoms with Crippen LogP contribution in [0.15, 0.2) is 21.9 Å². The van der Waals surface area contributed by atoms with E-state index in [2.05, 4.69) is 0 Å². The van der Waals surface area contributed by atoms with Crippen molar-refractivity contribution in [2.75, 3.05) is 13.2 Å². The van der Waals surface area contributed by atoms with Gasteiger partial charge in [-0.05, 0) is 0 Å². The van der Waals surface area contributed by atoms with Crippen LogP contribution in [0.1, 0.15) is 0 Å². The van der Waals surface area contributed by atoms with Crippen LogP contribution in [0.25, 0.3) is 0 Å². The van der Waals surface area contributed by atoms with Gasteiger partial charge in [0.05, 0.1) is 13.2 Å². The van der Waals surface area contributed by atoms with E-state index in [-0.39, 0.29) is 0 Å². The fourth-order valence-corrected chi connectivity index (χ4v) is 3.48. The highest BCUT2D eigenvalue weighted by atomic mass is 16.6. The van der Waals surface area contributed by atoms with Gasteiger partial charge in [-0.3, -0.25) is 14.3 Å². The molecule has 1 aromatic rings. The topological polar surface area (TPSA) is 195 Å². The average molecular weight is 376 g/mol. The number of ether oxygens (including phenoxy) is 2. The zero-order chi connectivity index (χ0) is 19.2. The Kier molecular flexibility index (Phi) is 5.02. The number of aliphatic hydroxyl groups is 6. The van der Waals surface area contributed by atoms with Crippen LogP contribution in [0.3, 0.4) is 0 Å². The predicted octanol–water partition coefficient (Wildman–Crippen LogP) is -5.22. The first-order valence-corrected chi connectivity index (χ1v) is 7.87. The fraction of sp³-hybridized carbons (Fsp3) is 0.714. The molecule has 2 fully saturated rings. The van der Waals surface area contributed by atoms with Gasteiger partial charge in [-0.2, -0.15) is 0 Å². The van der Waals surface area contributed by atoms with Crippen molar-refractivity contribution in [3.05, 3.63) is 33.1 Å². The molecule has 1 aromatic heterocycles. The molecule has 12 heteroatoms. The van der Waals surface area contributed by atoms with Gasteiger partial charge in [0, 0.05) is 12.3 Å². The van der Waals surface area contributed by atoms with Gasteiger partial charge in [-0.15, -0.1) is 0 Å². The summed E-state index contributed by atoms with van der Waals surface area (Å²) in [5.41, 5.74) is -4.06. The van der Waals surface area contributed by atoms with E-state index in [0.717, 1.165) is 12.3 Å². The molecule has 146 valence electrons. The van der Waals surface area contributed by atoms with Gasteiger partial charge in [0.2, 0.25) is 5.72 Å². The van der Waals surface area contributed by atoms with Crippen LogP contribution in [0.4, 0.5) is 0 Å². The standard InChI is InChI=1S/C14H20N2O10/c17-3-5-8(20)10(22)12(25-5)14(11(23)9(21)6(4-18)26-14)16-2-1-7(19)15-13(16)24/h1-2,5-6,8-12,17-18,20-23H,3-4H2,(H,15,19,24)/t5-,6+,8-,9+,10+,11+,12-,14-/m0/s1. The number of hydrogen-bond acceptors (Lipinski definition) is 10. The van der Waals surface area contributed by atoms with Crippen LogP contribution in [0, 0.1) is 0 Å². The second-order valence-electron chi connectivity index (χ2n) is 6.27. The molecule has 3 rings (SSSR count). The number of H-pyrrole nitrogens is 1. The lowest BCUT2D eigenvalue weighted by Crippen LogP contribution is -2.61. The zero-order valence-electron chi connectivity index (χ0n) is 13.4. The summed E-state index contributed by atoms with van der Waals surface area (Å²) in [6, 6.07) is 0.944. The van der Waals surface area contributed by atoms with Crippen LogP contribution in [0.2, 0.25) is 0 Å². The van der Waals surface area contributed by atoms with E-state index >= 15 is 0 Å². The zero-order valence-corrected chi connectivity index (χ0v) is 13.4. The van der Waals surface area contributed by atoms with Crippen molar-refractivity contribution < 1.29 is 40.1 Å². The summed E-state index contributed by atoms with van der Waals surface area (Å²) in [5.74, 6) is 0. The van der Waals surface area contributed by atoms with Gasteiger partial charge < -0.3 is 40.1 Å². The molecule has 0 aromatic carbocycles. The van der Waals surface area contributed by atoms with Crippen molar-refractivity contribution in [3.63, 3.8) is 0 Å². The van der Waals surface area contributed by atoms with E-state index in [1.807, 2.05) is 4.98 Å². The number of hydrogen-bond donors (Lipinski definition) is 7. The van der Waals surface area contributed by atoms with E-state index in [1.165, 1.54) is 0 Å². The molecule has 12 nitrogen and oxygen atoms in total. The van der Waals surface area contributed by atoms with E-state index in [9.17, 15) is 40.2 Å². The van der Waals surface area contributed by atoms with Gasteiger partial charge in [-0.25, -0.2) is 4.79 Å². The van der Waals surface area contributed by atoms with E-state index in [0.29, 0.717) is 4.57 Å². The lowest BCUT2D eigenvalue weighted by molar-refractivity contribution is -0.234. The summed E-state index contributed by atoms with van der Waals surface area (Å²) in [7, 11) is 0. The van der Waals surface area contributed by atoms with E-state index < -0.39 is 72.9 Å². The molecular formula is C14H20N2O10. The molecule has 0 spiro atoms. The van der Waals surface area contributed by atoms with Gasteiger partial charge >= 0.3 is 5.69 Å². The van der Waals surface area contributed by atoms with Gasteiger partial charge in [0.15, 0.2) is 0 Å². The van der Waals surface area contributed by atoms with E-state index in [4.69, 9.17) is 9.47 Å². The second-order valence-corrected chi connectivity index (χ2v) is 6.27. The Hall–Kier alpha value is -1.64. The minimum atomic E-state index is -2.28. The normalized spacial score (nSPS) is 43.1. The lowest BCUT2D eigenvalue weighted by Gasteiger charge is -2.39. The number of nitrogens with zero attached hydrogens (tertiary/aromatic N) is 1. The van der Waals surface area contributed by atoms with Crippen LogP contribution >= 0.6 is 0 Å². The number of aromatic nitrogens is 2. The monoisotopic (exact) mass is 376 g/mol. The Morgan fingerprint density at radius 2 is 1.69 bits per heavy atom. The molecule has 8 atom stereocenters. The first kappa shape index (κ1) is 19.1. The number of aliphatic hydroxyl groups excluding tert-OH is 6. The summed E-state index contributed by atoms with van der Waals surface area (Å²) in [5, 5.41) is 59.8. The van der Waals surface area contributed by atoms with Crippen molar-refractivity contribution in [2.24, 2.45) is 0 Å². The third kappa shape index (κ3) is 2.62. The third-order valence-corrected chi connectivity index (χ3v) is 4.80. The summed E-state index contributed by atoms with van der Waals surface area (Å²) in [4.78, 5) is 25.6. The lowest BCUT2D eigenvalue weighted by atomic mass is 9.92. The van der Waals surface area contributed by atoms with Crippen molar-refractivity contribution >= 4 is 0 Å². The molecule has 0 saturated carbocycles. The largest absolute Gasteiger partial charge is 0.394 e. The van der Waals surface area contributed by atoms with Crippen LogP contribution in [0.5, 0.6) is 0 Å². The Morgan fingerprint density at radius 1 is 1.04 bits per heavy atom.